The Bertz CT molecular complexity index is 136. The lowest BCUT2D eigenvalue weighted by molar-refractivity contribution is 0.107. The summed E-state index contributed by atoms with van der Waals surface area (Å²) >= 11 is 0. The van der Waals surface area contributed by atoms with Crippen molar-refractivity contribution in [3.8, 4) is 0 Å². The quantitative estimate of drug-likeness (QED) is 0.543. The van der Waals surface area contributed by atoms with Gasteiger partial charge in [-0.15, -0.1) is 0 Å². The zero-order valence-corrected chi connectivity index (χ0v) is 6.95. The van der Waals surface area contributed by atoms with Crippen LogP contribution in [0.2, 0.25) is 0 Å². The Morgan fingerprint density at radius 3 is 3.00 bits per heavy atom. The molecule has 2 unspecified atom stereocenters. The Labute approximate surface area is 67.3 Å². The van der Waals surface area contributed by atoms with Crippen LogP contribution >= 0.6 is 0 Å². The van der Waals surface area contributed by atoms with Gasteiger partial charge in [0.2, 0.25) is 0 Å². The van der Waals surface area contributed by atoms with Crippen molar-refractivity contribution >= 4 is 0 Å². The Morgan fingerprint density at radius 2 is 2.45 bits per heavy atom. The first kappa shape index (κ1) is 7.53. The van der Waals surface area contributed by atoms with Gasteiger partial charge in [0.25, 0.3) is 0 Å². The fraction of sp³-hybridized carbons (Fsp3) is 1.00. The summed E-state index contributed by atoms with van der Waals surface area (Å²) in [5, 5.41) is 0. The fourth-order valence-corrected chi connectivity index (χ4v) is 1.62. The van der Waals surface area contributed by atoms with Crippen LogP contribution in [0.15, 0.2) is 0 Å². The van der Waals surface area contributed by atoms with Gasteiger partial charge in [-0.05, 0) is 6.42 Å². The third-order valence-corrected chi connectivity index (χ3v) is 2.43. The molecular formula is C8H15NO2. The second-order valence-corrected chi connectivity index (χ2v) is 3.36. The van der Waals surface area contributed by atoms with Crippen LogP contribution in [0.4, 0.5) is 0 Å². The molecule has 0 N–H and O–H groups in total. The summed E-state index contributed by atoms with van der Waals surface area (Å²) in [6.45, 7) is 4.35. The van der Waals surface area contributed by atoms with Gasteiger partial charge in [0, 0.05) is 26.7 Å². The van der Waals surface area contributed by atoms with Crippen LogP contribution in [0.5, 0.6) is 0 Å². The molecule has 11 heavy (non-hydrogen) atoms. The number of rotatable bonds is 3. The summed E-state index contributed by atoms with van der Waals surface area (Å²) in [5.41, 5.74) is 0. The molecule has 0 amide bonds. The average molecular weight is 157 g/mol. The molecule has 2 aliphatic rings. The van der Waals surface area contributed by atoms with Gasteiger partial charge in [0.05, 0.1) is 18.8 Å². The van der Waals surface area contributed by atoms with E-state index in [0.29, 0.717) is 12.2 Å². The predicted molar refractivity (Wildman–Crippen MR) is 41.6 cm³/mol. The molecule has 0 radical (unpaired) electrons. The summed E-state index contributed by atoms with van der Waals surface area (Å²) < 4.78 is 10.4. The largest absolute Gasteiger partial charge is 0.380 e. The second kappa shape index (κ2) is 3.09. The Morgan fingerprint density at radius 1 is 1.64 bits per heavy atom. The minimum absolute atomic E-state index is 0.466. The van der Waals surface area contributed by atoms with Gasteiger partial charge < -0.3 is 9.47 Å². The SMILES string of the molecule is COC1CCN(CC2CO2)C1. The van der Waals surface area contributed by atoms with Gasteiger partial charge in [0.1, 0.15) is 0 Å². The molecule has 2 heterocycles. The van der Waals surface area contributed by atoms with E-state index < -0.39 is 0 Å². The molecule has 0 bridgehead atoms. The second-order valence-electron chi connectivity index (χ2n) is 3.36. The monoisotopic (exact) mass is 157 g/mol. The van der Waals surface area contributed by atoms with Crippen LogP contribution in [0.25, 0.3) is 0 Å². The lowest BCUT2D eigenvalue weighted by Crippen LogP contribution is -2.26. The first-order valence-electron chi connectivity index (χ1n) is 4.25. The van der Waals surface area contributed by atoms with E-state index in [0.717, 1.165) is 19.7 Å². The van der Waals surface area contributed by atoms with Crippen molar-refractivity contribution in [3.05, 3.63) is 0 Å². The molecule has 3 nitrogen and oxygen atoms in total. The van der Waals surface area contributed by atoms with E-state index in [1.54, 1.807) is 7.11 Å². The number of likely N-dealkylation sites (tertiary alicyclic amines) is 1. The van der Waals surface area contributed by atoms with Crippen LogP contribution in [0.1, 0.15) is 6.42 Å². The summed E-state index contributed by atoms with van der Waals surface area (Å²) in [5.74, 6) is 0. The standard InChI is InChI=1S/C8H15NO2/c1-10-7-2-3-9(4-7)5-8-6-11-8/h7-8H,2-6H2,1H3. The van der Waals surface area contributed by atoms with Crippen LogP contribution in [-0.4, -0.2) is 50.5 Å². The highest BCUT2D eigenvalue weighted by Gasteiger charge is 2.29. The van der Waals surface area contributed by atoms with Crippen molar-refractivity contribution in [1.29, 1.82) is 0 Å². The maximum absolute atomic E-state index is 5.26. The van der Waals surface area contributed by atoms with E-state index >= 15 is 0 Å². The summed E-state index contributed by atoms with van der Waals surface area (Å²) in [4.78, 5) is 2.42. The summed E-state index contributed by atoms with van der Waals surface area (Å²) in [6.07, 6.45) is 2.18. The molecule has 2 atom stereocenters. The molecule has 0 aromatic rings. The fourth-order valence-electron chi connectivity index (χ4n) is 1.62. The predicted octanol–water partition coefficient (Wildman–Crippen LogP) is 0.106. The number of hydrogen-bond acceptors (Lipinski definition) is 3. The normalized spacial score (nSPS) is 37.9. The molecule has 0 aliphatic carbocycles. The van der Waals surface area contributed by atoms with Crippen molar-refractivity contribution in [1.82, 2.24) is 4.90 Å². The number of hydrogen-bond donors (Lipinski definition) is 0. The van der Waals surface area contributed by atoms with Gasteiger partial charge in [0.15, 0.2) is 0 Å². The Balaban J connectivity index is 1.70. The van der Waals surface area contributed by atoms with E-state index in [4.69, 9.17) is 9.47 Å². The molecule has 3 heteroatoms. The zero-order valence-electron chi connectivity index (χ0n) is 6.95. The number of ether oxygens (including phenoxy) is 2. The van der Waals surface area contributed by atoms with E-state index in [1.165, 1.54) is 13.0 Å². The van der Waals surface area contributed by atoms with Crippen LogP contribution in [-0.2, 0) is 9.47 Å². The van der Waals surface area contributed by atoms with Crippen molar-refractivity contribution in [2.45, 2.75) is 18.6 Å². The van der Waals surface area contributed by atoms with E-state index in [9.17, 15) is 0 Å². The lowest BCUT2D eigenvalue weighted by atomic mass is 10.3. The van der Waals surface area contributed by atoms with Crippen molar-refractivity contribution < 1.29 is 9.47 Å². The van der Waals surface area contributed by atoms with Crippen molar-refractivity contribution in [2.75, 3.05) is 33.4 Å². The minimum atomic E-state index is 0.466. The third-order valence-electron chi connectivity index (χ3n) is 2.43. The van der Waals surface area contributed by atoms with Crippen LogP contribution in [0, 0.1) is 0 Å². The van der Waals surface area contributed by atoms with Gasteiger partial charge in [-0.25, -0.2) is 0 Å². The van der Waals surface area contributed by atoms with Crippen molar-refractivity contribution in [3.63, 3.8) is 0 Å². The maximum Gasteiger partial charge on any atom is 0.0936 e. The molecule has 2 aliphatic heterocycles. The van der Waals surface area contributed by atoms with E-state index in [-0.39, 0.29) is 0 Å². The lowest BCUT2D eigenvalue weighted by Gasteiger charge is -2.13. The molecule has 2 rings (SSSR count). The van der Waals surface area contributed by atoms with Crippen LogP contribution < -0.4 is 0 Å². The average Bonchev–Trinajstić information content (AvgIpc) is 2.68. The minimum Gasteiger partial charge on any atom is -0.380 e. The molecule has 64 valence electrons. The molecular weight excluding hydrogens is 142 g/mol. The molecule has 0 spiro atoms. The van der Waals surface area contributed by atoms with E-state index in [1.807, 2.05) is 0 Å². The van der Waals surface area contributed by atoms with Gasteiger partial charge in [-0.2, -0.15) is 0 Å². The number of methoxy groups -OCH3 is 1. The summed E-state index contributed by atoms with van der Waals surface area (Å²) in [6, 6.07) is 0. The molecule has 2 fully saturated rings. The Hall–Kier alpha value is -0.120. The van der Waals surface area contributed by atoms with Gasteiger partial charge >= 0.3 is 0 Å². The van der Waals surface area contributed by atoms with Gasteiger partial charge in [-0.1, -0.05) is 0 Å². The number of epoxide rings is 1. The maximum atomic E-state index is 5.26. The highest BCUT2D eigenvalue weighted by molar-refractivity contribution is 4.81. The molecule has 2 saturated heterocycles. The first-order valence-corrected chi connectivity index (χ1v) is 4.25. The smallest absolute Gasteiger partial charge is 0.0936 e. The van der Waals surface area contributed by atoms with E-state index in [2.05, 4.69) is 4.90 Å². The Kier molecular flexibility index (Phi) is 2.11. The highest BCUT2D eigenvalue weighted by Crippen LogP contribution is 2.16. The first-order chi connectivity index (χ1) is 5.38. The zero-order chi connectivity index (χ0) is 7.68. The highest BCUT2D eigenvalue weighted by atomic mass is 16.6. The third kappa shape index (κ3) is 1.92. The molecule has 0 saturated carbocycles. The topological polar surface area (TPSA) is 25.0 Å². The van der Waals surface area contributed by atoms with Crippen molar-refractivity contribution in [2.24, 2.45) is 0 Å². The molecule has 0 aromatic heterocycles. The number of nitrogens with zero attached hydrogens (tertiary/aromatic N) is 1. The van der Waals surface area contributed by atoms with Crippen LogP contribution in [0.3, 0.4) is 0 Å². The molecule has 0 aromatic carbocycles. The van der Waals surface area contributed by atoms with Gasteiger partial charge in [-0.3, -0.25) is 4.90 Å². The summed E-state index contributed by atoms with van der Waals surface area (Å²) in [7, 11) is 1.79.